The van der Waals surface area contributed by atoms with E-state index in [1.807, 2.05) is 0 Å². The molecule has 5 heteroatoms. The first-order chi connectivity index (χ1) is 6.51. The fraction of sp³-hybridized carbons (Fsp3) is 0.444. The van der Waals surface area contributed by atoms with E-state index in [4.69, 9.17) is 10.5 Å². The van der Waals surface area contributed by atoms with Crippen molar-refractivity contribution < 1.29 is 13.5 Å². The Labute approximate surface area is 80.9 Å². The molecule has 0 aliphatic carbocycles. The summed E-state index contributed by atoms with van der Waals surface area (Å²) in [5, 5.41) is 0. The van der Waals surface area contributed by atoms with Crippen LogP contribution in [-0.4, -0.2) is 17.5 Å². The van der Waals surface area contributed by atoms with Gasteiger partial charge in [0.15, 0.2) is 6.61 Å². The highest BCUT2D eigenvalue weighted by Crippen LogP contribution is 2.14. The minimum absolute atomic E-state index is 0.175. The fourth-order valence-electron chi connectivity index (χ4n) is 0.852. The molecular formula is C9H12F2N2O. The summed E-state index contributed by atoms with van der Waals surface area (Å²) in [5.74, 6) is -2.67. The molecule has 1 aromatic heterocycles. The van der Waals surface area contributed by atoms with E-state index in [1.54, 1.807) is 12.1 Å². The maximum absolute atomic E-state index is 12.4. The molecule has 0 saturated heterocycles. The van der Waals surface area contributed by atoms with Crippen LogP contribution in [-0.2, 0) is 6.54 Å². The van der Waals surface area contributed by atoms with Gasteiger partial charge in [-0.25, -0.2) is 13.8 Å². The second-order valence-electron chi connectivity index (χ2n) is 3.03. The van der Waals surface area contributed by atoms with Gasteiger partial charge >= 0.3 is 0 Å². The van der Waals surface area contributed by atoms with Gasteiger partial charge in [0.1, 0.15) is 0 Å². The standard InChI is InChI=1S/C9H12F2N2O/c1-9(10,11)6-14-8-4-2-3-7(5-12)13-8/h2-4H,5-6,12H2,1H3. The number of halogens is 2. The molecule has 78 valence electrons. The molecule has 0 atom stereocenters. The van der Waals surface area contributed by atoms with Gasteiger partial charge in [-0.3, -0.25) is 0 Å². The first-order valence-electron chi connectivity index (χ1n) is 4.18. The Morgan fingerprint density at radius 3 is 2.79 bits per heavy atom. The lowest BCUT2D eigenvalue weighted by molar-refractivity contribution is -0.0242. The molecule has 0 aliphatic rings. The average Bonchev–Trinajstić information content (AvgIpc) is 2.14. The number of nitrogens with two attached hydrogens (primary N) is 1. The van der Waals surface area contributed by atoms with Crippen LogP contribution in [0.2, 0.25) is 0 Å². The highest BCUT2D eigenvalue weighted by Gasteiger charge is 2.22. The number of nitrogens with zero attached hydrogens (tertiary/aromatic N) is 1. The van der Waals surface area contributed by atoms with E-state index in [1.165, 1.54) is 6.07 Å². The highest BCUT2D eigenvalue weighted by atomic mass is 19.3. The largest absolute Gasteiger partial charge is 0.471 e. The van der Waals surface area contributed by atoms with E-state index >= 15 is 0 Å². The predicted octanol–water partition coefficient (Wildman–Crippen LogP) is 1.57. The van der Waals surface area contributed by atoms with Gasteiger partial charge in [-0.1, -0.05) is 6.07 Å². The van der Waals surface area contributed by atoms with Crippen molar-refractivity contribution in [2.45, 2.75) is 19.4 Å². The fourth-order valence-corrected chi connectivity index (χ4v) is 0.852. The topological polar surface area (TPSA) is 48.1 Å². The van der Waals surface area contributed by atoms with Gasteiger partial charge in [0.05, 0.1) is 5.69 Å². The lowest BCUT2D eigenvalue weighted by Crippen LogP contribution is -2.21. The van der Waals surface area contributed by atoms with Gasteiger partial charge in [-0.05, 0) is 6.07 Å². The summed E-state index contributed by atoms with van der Waals surface area (Å²) in [7, 11) is 0. The van der Waals surface area contributed by atoms with E-state index in [0.717, 1.165) is 6.92 Å². The van der Waals surface area contributed by atoms with E-state index < -0.39 is 12.5 Å². The molecular weight excluding hydrogens is 190 g/mol. The van der Waals surface area contributed by atoms with Crippen LogP contribution in [0.1, 0.15) is 12.6 Å². The van der Waals surface area contributed by atoms with Crippen LogP contribution >= 0.6 is 0 Å². The summed E-state index contributed by atoms with van der Waals surface area (Å²) in [4.78, 5) is 3.91. The molecule has 3 nitrogen and oxygen atoms in total. The van der Waals surface area contributed by atoms with Crippen LogP contribution in [0, 0.1) is 0 Å². The van der Waals surface area contributed by atoms with Gasteiger partial charge in [0.25, 0.3) is 5.92 Å². The third-order valence-electron chi connectivity index (χ3n) is 1.46. The van der Waals surface area contributed by atoms with Gasteiger partial charge in [-0.15, -0.1) is 0 Å². The summed E-state index contributed by atoms with van der Waals surface area (Å²) in [6, 6.07) is 4.89. The number of pyridine rings is 1. The van der Waals surface area contributed by atoms with Gasteiger partial charge in [-0.2, -0.15) is 0 Å². The van der Waals surface area contributed by atoms with Gasteiger partial charge in [0.2, 0.25) is 5.88 Å². The maximum Gasteiger partial charge on any atom is 0.278 e. The van der Waals surface area contributed by atoms with E-state index in [0.29, 0.717) is 5.69 Å². The van der Waals surface area contributed by atoms with Crippen molar-refractivity contribution in [1.82, 2.24) is 4.98 Å². The Kier molecular flexibility index (Phi) is 3.35. The predicted molar refractivity (Wildman–Crippen MR) is 48.2 cm³/mol. The molecule has 0 bridgehead atoms. The summed E-state index contributed by atoms with van der Waals surface area (Å²) >= 11 is 0. The molecule has 0 radical (unpaired) electrons. The van der Waals surface area contributed by atoms with Crippen LogP contribution in [0.15, 0.2) is 18.2 Å². The van der Waals surface area contributed by atoms with Crippen LogP contribution < -0.4 is 10.5 Å². The molecule has 0 saturated carbocycles. The molecule has 1 rings (SSSR count). The third kappa shape index (κ3) is 3.66. The normalized spacial score (nSPS) is 11.4. The molecule has 0 fully saturated rings. The monoisotopic (exact) mass is 202 g/mol. The minimum atomic E-state index is -2.85. The second-order valence-corrected chi connectivity index (χ2v) is 3.03. The summed E-state index contributed by atoms with van der Waals surface area (Å²) < 4.78 is 29.6. The molecule has 0 spiro atoms. The third-order valence-corrected chi connectivity index (χ3v) is 1.46. The molecule has 0 unspecified atom stereocenters. The Bertz CT molecular complexity index is 299. The van der Waals surface area contributed by atoms with E-state index in [9.17, 15) is 8.78 Å². The molecule has 1 aromatic rings. The van der Waals surface area contributed by atoms with Crippen LogP contribution in [0.5, 0.6) is 5.88 Å². The van der Waals surface area contributed by atoms with Crippen molar-refractivity contribution in [1.29, 1.82) is 0 Å². The number of ether oxygens (including phenoxy) is 1. The highest BCUT2D eigenvalue weighted by molar-refractivity contribution is 5.15. The van der Waals surface area contributed by atoms with Gasteiger partial charge < -0.3 is 10.5 Å². The van der Waals surface area contributed by atoms with E-state index in [2.05, 4.69) is 4.98 Å². The zero-order valence-electron chi connectivity index (χ0n) is 7.84. The number of alkyl halides is 2. The summed E-state index contributed by atoms with van der Waals surface area (Å²) in [6.07, 6.45) is 0. The maximum atomic E-state index is 12.4. The first kappa shape index (κ1) is 10.8. The quantitative estimate of drug-likeness (QED) is 0.806. The number of rotatable bonds is 4. The van der Waals surface area contributed by atoms with Crippen LogP contribution in [0.3, 0.4) is 0 Å². The van der Waals surface area contributed by atoms with E-state index in [-0.39, 0.29) is 12.4 Å². The number of hydrogen-bond acceptors (Lipinski definition) is 3. The van der Waals surface area contributed by atoms with Crippen molar-refractivity contribution >= 4 is 0 Å². The second kappa shape index (κ2) is 4.32. The molecule has 0 aromatic carbocycles. The smallest absolute Gasteiger partial charge is 0.278 e. The first-order valence-corrected chi connectivity index (χ1v) is 4.18. The van der Waals surface area contributed by atoms with Crippen molar-refractivity contribution in [2.75, 3.05) is 6.61 Å². The van der Waals surface area contributed by atoms with Crippen LogP contribution in [0.4, 0.5) is 8.78 Å². The Morgan fingerprint density at radius 2 is 2.21 bits per heavy atom. The minimum Gasteiger partial charge on any atom is -0.471 e. The van der Waals surface area contributed by atoms with Crippen molar-refractivity contribution in [2.24, 2.45) is 5.73 Å². The zero-order chi connectivity index (χ0) is 10.6. The summed E-state index contributed by atoms with van der Waals surface area (Å²) in [6.45, 7) is 0.382. The van der Waals surface area contributed by atoms with Crippen LogP contribution in [0.25, 0.3) is 0 Å². The van der Waals surface area contributed by atoms with Crippen molar-refractivity contribution in [3.63, 3.8) is 0 Å². The molecule has 1 heterocycles. The lowest BCUT2D eigenvalue weighted by Gasteiger charge is -2.11. The van der Waals surface area contributed by atoms with Crippen molar-refractivity contribution in [3.05, 3.63) is 23.9 Å². The molecule has 2 N–H and O–H groups in total. The molecule has 14 heavy (non-hydrogen) atoms. The lowest BCUT2D eigenvalue weighted by atomic mass is 10.3. The van der Waals surface area contributed by atoms with Gasteiger partial charge in [0, 0.05) is 19.5 Å². The average molecular weight is 202 g/mol. The Hall–Kier alpha value is -1.23. The Morgan fingerprint density at radius 1 is 1.50 bits per heavy atom. The molecule has 0 aliphatic heterocycles. The SMILES string of the molecule is CC(F)(F)COc1cccc(CN)n1. The number of aromatic nitrogens is 1. The number of hydrogen-bond donors (Lipinski definition) is 1. The Balaban J connectivity index is 2.59. The molecule has 0 amide bonds. The zero-order valence-corrected chi connectivity index (χ0v) is 7.84. The summed E-state index contributed by atoms with van der Waals surface area (Å²) in [5.41, 5.74) is 5.95. The van der Waals surface area contributed by atoms with Crippen molar-refractivity contribution in [3.8, 4) is 5.88 Å².